The molecule has 2 heterocycles. The molecule has 0 unspecified atom stereocenters. The Balaban J connectivity index is 2.17. The van der Waals surface area contributed by atoms with Crippen LogP contribution < -0.4 is 4.72 Å². The molecule has 1 aliphatic rings. The van der Waals surface area contributed by atoms with Gasteiger partial charge in [0.05, 0.1) is 11.8 Å². The third-order valence-corrected chi connectivity index (χ3v) is 5.32. The molecule has 24 heavy (non-hydrogen) atoms. The van der Waals surface area contributed by atoms with Crippen molar-refractivity contribution in [1.82, 2.24) is 14.2 Å². The molecule has 0 radical (unpaired) electrons. The number of hydrogen-bond donors (Lipinski definition) is 1. The summed E-state index contributed by atoms with van der Waals surface area (Å²) in [6.45, 7) is 11.4. The van der Waals surface area contributed by atoms with Gasteiger partial charge in [-0.05, 0) is 38.7 Å². The molecule has 1 fully saturated rings. The second-order valence-corrected chi connectivity index (χ2v) is 9.87. The Bertz CT molecular complexity index is 701. The van der Waals surface area contributed by atoms with E-state index in [1.54, 1.807) is 4.90 Å². The van der Waals surface area contributed by atoms with E-state index in [1.165, 1.54) is 0 Å². The van der Waals surface area contributed by atoms with Gasteiger partial charge >= 0.3 is 0 Å². The van der Waals surface area contributed by atoms with Crippen LogP contribution in [0.4, 0.5) is 0 Å². The Morgan fingerprint density at radius 1 is 1.29 bits per heavy atom. The molecule has 1 aromatic heterocycles. The summed E-state index contributed by atoms with van der Waals surface area (Å²) in [4.78, 5) is 14.6. The van der Waals surface area contributed by atoms with Crippen molar-refractivity contribution in [2.75, 3.05) is 19.3 Å². The summed E-state index contributed by atoms with van der Waals surface area (Å²) in [5, 5.41) is 0. The van der Waals surface area contributed by atoms with E-state index in [0.29, 0.717) is 24.6 Å². The van der Waals surface area contributed by atoms with Crippen molar-refractivity contribution in [3.63, 3.8) is 0 Å². The van der Waals surface area contributed by atoms with Gasteiger partial charge in [-0.1, -0.05) is 13.8 Å². The minimum absolute atomic E-state index is 0.0403. The normalized spacial score (nSPS) is 22.4. The van der Waals surface area contributed by atoms with E-state index in [-0.39, 0.29) is 23.4 Å². The van der Waals surface area contributed by atoms with Crippen molar-refractivity contribution in [3.05, 3.63) is 24.0 Å². The number of carbonyl (C=O) groups excluding carboxylic acids is 1. The lowest BCUT2D eigenvalue weighted by molar-refractivity contribution is 0.0783. The van der Waals surface area contributed by atoms with Gasteiger partial charge in [0.1, 0.15) is 0 Å². The van der Waals surface area contributed by atoms with Gasteiger partial charge in [0.15, 0.2) is 0 Å². The molecule has 0 aromatic carbocycles. The maximum Gasteiger partial charge on any atom is 0.255 e. The summed E-state index contributed by atoms with van der Waals surface area (Å²) in [5.41, 5.74) is 0.567. The van der Waals surface area contributed by atoms with Crippen LogP contribution in [0.25, 0.3) is 0 Å². The fraction of sp³-hybridized carbons (Fsp3) is 0.706. The third kappa shape index (κ3) is 4.39. The minimum atomic E-state index is -3.30. The highest BCUT2D eigenvalue weighted by molar-refractivity contribution is 7.88. The van der Waals surface area contributed by atoms with Crippen LogP contribution in [0, 0.1) is 11.8 Å². The molecule has 0 bridgehead atoms. The lowest BCUT2D eigenvalue weighted by Gasteiger charge is -2.21. The quantitative estimate of drug-likeness (QED) is 0.896. The first kappa shape index (κ1) is 19.0. The molecule has 2 rings (SSSR count). The fourth-order valence-corrected chi connectivity index (χ4v) is 3.99. The smallest absolute Gasteiger partial charge is 0.255 e. The average molecular weight is 356 g/mol. The Morgan fingerprint density at radius 2 is 1.92 bits per heavy atom. The minimum Gasteiger partial charge on any atom is -0.348 e. The Labute approximate surface area is 145 Å². The van der Waals surface area contributed by atoms with Gasteiger partial charge in [-0.25, -0.2) is 13.1 Å². The number of sulfonamides is 1. The predicted octanol–water partition coefficient (Wildman–Crippen LogP) is 1.89. The van der Waals surface area contributed by atoms with Crippen molar-refractivity contribution in [2.24, 2.45) is 11.8 Å². The zero-order valence-corrected chi connectivity index (χ0v) is 16.2. The van der Waals surface area contributed by atoms with Crippen LogP contribution in [0.5, 0.6) is 0 Å². The third-order valence-electron chi connectivity index (χ3n) is 4.59. The van der Waals surface area contributed by atoms with Gasteiger partial charge in [0, 0.05) is 37.1 Å². The molecular weight excluding hydrogens is 326 g/mol. The van der Waals surface area contributed by atoms with Crippen LogP contribution in [0.2, 0.25) is 0 Å². The van der Waals surface area contributed by atoms with Gasteiger partial charge in [0.2, 0.25) is 10.0 Å². The van der Waals surface area contributed by atoms with Gasteiger partial charge < -0.3 is 9.47 Å². The summed E-state index contributed by atoms with van der Waals surface area (Å²) in [5.74, 6) is 0.371. The van der Waals surface area contributed by atoms with E-state index in [1.807, 2.05) is 23.0 Å². The number of likely N-dealkylation sites (tertiary alicyclic amines) is 1. The average Bonchev–Trinajstić information content (AvgIpc) is 3.01. The second-order valence-electron chi connectivity index (χ2n) is 8.09. The van der Waals surface area contributed by atoms with Crippen molar-refractivity contribution in [2.45, 2.75) is 46.2 Å². The number of aromatic nitrogens is 1. The molecular formula is C17H29N3O3S. The zero-order valence-electron chi connectivity index (χ0n) is 15.4. The summed E-state index contributed by atoms with van der Waals surface area (Å²) in [6, 6.07) is 1.60. The zero-order chi connectivity index (χ0) is 18.3. The lowest BCUT2D eigenvalue weighted by Crippen LogP contribution is -2.41. The van der Waals surface area contributed by atoms with Crippen molar-refractivity contribution in [1.29, 1.82) is 0 Å². The molecule has 136 valence electrons. The van der Waals surface area contributed by atoms with Crippen molar-refractivity contribution in [3.8, 4) is 0 Å². The molecule has 1 amide bonds. The predicted molar refractivity (Wildman–Crippen MR) is 95.4 cm³/mol. The van der Waals surface area contributed by atoms with Crippen molar-refractivity contribution >= 4 is 15.9 Å². The summed E-state index contributed by atoms with van der Waals surface area (Å²) in [7, 11) is -3.30. The summed E-state index contributed by atoms with van der Waals surface area (Å²) >= 11 is 0. The van der Waals surface area contributed by atoms with Crippen LogP contribution in [0.1, 0.15) is 45.0 Å². The fourth-order valence-electron chi connectivity index (χ4n) is 3.19. The first-order valence-corrected chi connectivity index (χ1v) is 10.2. The van der Waals surface area contributed by atoms with E-state index < -0.39 is 10.0 Å². The standard InChI is InChI=1S/C17H29N3O3S/c1-12(2)14-10-19(11-15(14)18-24(6,22)23)16(21)13-7-8-20(9-13)17(3,4)5/h7-9,12,14-15,18H,10-11H2,1-6H3/t14-,15+/m0/s1. The van der Waals surface area contributed by atoms with E-state index in [0.717, 1.165) is 6.26 Å². The maximum atomic E-state index is 12.8. The molecule has 1 aromatic rings. The van der Waals surface area contributed by atoms with E-state index >= 15 is 0 Å². The molecule has 1 aliphatic heterocycles. The molecule has 7 heteroatoms. The van der Waals surface area contributed by atoms with E-state index in [9.17, 15) is 13.2 Å². The molecule has 0 aliphatic carbocycles. The van der Waals surface area contributed by atoms with E-state index in [4.69, 9.17) is 0 Å². The number of amides is 1. The van der Waals surface area contributed by atoms with Gasteiger partial charge in [-0.3, -0.25) is 4.79 Å². The van der Waals surface area contributed by atoms with Gasteiger partial charge in [-0.15, -0.1) is 0 Å². The second kappa shape index (κ2) is 6.52. The number of carbonyl (C=O) groups is 1. The molecule has 2 atom stereocenters. The largest absolute Gasteiger partial charge is 0.348 e. The molecule has 0 saturated carbocycles. The van der Waals surface area contributed by atoms with Crippen LogP contribution in [-0.2, 0) is 15.6 Å². The maximum absolute atomic E-state index is 12.8. The highest BCUT2D eigenvalue weighted by Gasteiger charge is 2.38. The highest BCUT2D eigenvalue weighted by atomic mass is 32.2. The molecule has 6 nitrogen and oxygen atoms in total. The molecule has 1 N–H and O–H groups in total. The first-order chi connectivity index (χ1) is 10.9. The van der Waals surface area contributed by atoms with Crippen LogP contribution in [-0.4, -0.2) is 49.2 Å². The highest BCUT2D eigenvalue weighted by Crippen LogP contribution is 2.27. The number of nitrogens with one attached hydrogen (secondary N) is 1. The summed E-state index contributed by atoms with van der Waals surface area (Å²) < 4.78 is 27.9. The number of nitrogens with zero attached hydrogens (tertiary/aromatic N) is 2. The Kier molecular flexibility index (Phi) is 5.16. The number of hydrogen-bond acceptors (Lipinski definition) is 3. The van der Waals surface area contributed by atoms with Gasteiger partial charge in [-0.2, -0.15) is 0 Å². The monoisotopic (exact) mass is 355 g/mol. The van der Waals surface area contributed by atoms with Crippen LogP contribution >= 0.6 is 0 Å². The Hall–Kier alpha value is -1.34. The topological polar surface area (TPSA) is 71.4 Å². The summed E-state index contributed by atoms with van der Waals surface area (Å²) in [6.07, 6.45) is 4.94. The molecule has 1 saturated heterocycles. The lowest BCUT2D eigenvalue weighted by atomic mass is 9.92. The number of rotatable bonds is 4. The van der Waals surface area contributed by atoms with Crippen LogP contribution in [0.15, 0.2) is 18.5 Å². The van der Waals surface area contributed by atoms with Gasteiger partial charge in [0.25, 0.3) is 5.91 Å². The first-order valence-electron chi connectivity index (χ1n) is 8.33. The van der Waals surface area contributed by atoms with Crippen molar-refractivity contribution < 1.29 is 13.2 Å². The Morgan fingerprint density at radius 3 is 2.38 bits per heavy atom. The SMILES string of the molecule is CC(C)[C@@H]1CN(C(=O)c2ccn(C(C)(C)C)c2)C[C@H]1NS(C)(=O)=O. The van der Waals surface area contributed by atoms with E-state index in [2.05, 4.69) is 39.3 Å². The van der Waals surface area contributed by atoms with Crippen LogP contribution in [0.3, 0.4) is 0 Å². The molecule has 0 spiro atoms.